The van der Waals surface area contributed by atoms with Crippen molar-refractivity contribution >= 4 is 12.0 Å². The summed E-state index contributed by atoms with van der Waals surface area (Å²) in [5.41, 5.74) is 0.00971. The van der Waals surface area contributed by atoms with Crippen LogP contribution in [0.2, 0.25) is 0 Å². The van der Waals surface area contributed by atoms with E-state index in [0.717, 1.165) is 0 Å². The lowest BCUT2D eigenvalue weighted by Gasteiger charge is -2.33. The van der Waals surface area contributed by atoms with Crippen molar-refractivity contribution in [3.63, 3.8) is 0 Å². The molecule has 5 heteroatoms. The summed E-state index contributed by atoms with van der Waals surface area (Å²) in [4.78, 5) is 17.6. The molecule has 18 heavy (non-hydrogen) atoms. The van der Waals surface area contributed by atoms with E-state index in [1.54, 1.807) is 13.0 Å². The summed E-state index contributed by atoms with van der Waals surface area (Å²) < 4.78 is 10.2. The van der Waals surface area contributed by atoms with Gasteiger partial charge in [0, 0.05) is 12.1 Å². The van der Waals surface area contributed by atoms with Gasteiger partial charge in [-0.3, -0.25) is 0 Å². The number of carbonyl (C=O) groups is 1. The predicted octanol–water partition coefficient (Wildman–Crippen LogP) is 2.64. The number of carbonyl (C=O) groups excluding carboxylic acids is 1. The summed E-state index contributed by atoms with van der Waals surface area (Å²) in [7, 11) is 0. The van der Waals surface area contributed by atoms with E-state index in [2.05, 4.69) is 11.6 Å². The SMILES string of the molecule is C=CCN(c1nc(C(=O)OCC)co1)C(C)(C)C. The van der Waals surface area contributed by atoms with Crippen molar-refractivity contribution in [2.75, 3.05) is 18.1 Å². The quantitative estimate of drug-likeness (QED) is 0.595. The van der Waals surface area contributed by atoms with Crippen LogP contribution in [-0.4, -0.2) is 29.6 Å². The van der Waals surface area contributed by atoms with Gasteiger partial charge in [0.2, 0.25) is 0 Å². The molecule has 1 aromatic heterocycles. The minimum atomic E-state index is -0.472. The van der Waals surface area contributed by atoms with Crippen molar-refractivity contribution < 1.29 is 13.9 Å². The Labute approximate surface area is 107 Å². The van der Waals surface area contributed by atoms with Crippen LogP contribution in [0.3, 0.4) is 0 Å². The monoisotopic (exact) mass is 252 g/mol. The number of oxazole rings is 1. The van der Waals surface area contributed by atoms with Gasteiger partial charge in [0.05, 0.1) is 6.61 Å². The maximum Gasteiger partial charge on any atom is 0.360 e. The first-order chi connectivity index (χ1) is 8.40. The van der Waals surface area contributed by atoms with Gasteiger partial charge in [0.1, 0.15) is 6.26 Å². The maximum atomic E-state index is 11.5. The van der Waals surface area contributed by atoms with Crippen LogP contribution in [0.25, 0.3) is 0 Å². The fourth-order valence-electron chi connectivity index (χ4n) is 1.46. The third-order valence-corrected chi connectivity index (χ3v) is 2.33. The van der Waals surface area contributed by atoms with Crippen molar-refractivity contribution in [1.82, 2.24) is 4.98 Å². The minimum absolute atomic E-state index is 0.176. The smallest absolute Gasteiger partial charge is 0.360 e. The number of anilines is 1. The number of rotatable bonds is 5. The molecule has 0 spiro atoms. The van der Waals surface area contributed by atoms with Gasteiger partial charge in [-0.25, -0.2) is 4.79 Å². The molecule has 0 saturated carbocycles. The van der Waals surface area contributed by atoms with Crippen LogP contribution in [0.5, 0.6) is 0 Å². The molecule has 0 aliphatic rings. The standard InChI is InChI=1S/C13H20N2O3/c1-6-8-15(13(3,4)5)12-14-10(9-18-12)11(16)17-7-2/h6,9H,1,7-8H2,2-5H3. The van der Waals surface area contributed by atoms with Gasteiger partial charge < -0.3 is 14.1 Å². The molecular weight excluding hydrogens is 232 g/mol. The van der Waals surface area contributed by atoms with Crippen molar-refractivity contribution in [3.05, 3.63) is 24.6 Å². The molecule has 1 rings (SSSR count). The highest BCUT2D eigenvalue weighted by atomic mass is 16.5. The van der Waals surface area contributed by atoms with Gasteiger partial charge in [-0.05, 0) is 27.7 Å². The first kappa shape index (κ1) is 14.3. The molecule has 1 aromatic rings. The van der Waals surface area contributed by atoms with E-state index in [1.807, 2.05) is 25.7 Å². The molecule has 0 atom stereocenters. The highest BCUT2D eigenvalue weighted by Crippen LogP contribution is 2.23. The molecule has 0 saturated heterocycles. The predicted molar refractivity (Wildman–Crippen MR) is 69.8 cm³/mol. The Balaban J connectivity index is 2.94. The summed E-state index contributed by atoms with van der Waals surface area (Å²) in [6.07, 6.45) is 3.08. The molecule has 0 amide bonds. The third-order valence-electron chi connectivity index (χ3n) is 2.33. The van der Waals surface area contributed by atoms with Crippen LogP contribution in [-0.2, 0) is 4.74 Å². The fourth-order valence-corrected chi connectivity index (χ4v) is 1.46. The highest BCUT2D eigenvalue weighted by molar-refractivity contribution is 5.87. The van der Waals surface area contributed by atoms with Crippen LogP contribution in [0.4, 0.5) is 6.01 Å². The van der Waals surface area contributed by atoms with E-state index in [0.29, 0.717) is 19.2 Å². The van der Waals surface area contributed by atoms with Crippen LogP contribution >= 0.6 is 0 Å². The maximum absolute atomic E-state index is 11.5. The number of aromatic nitrogens is 1. The van der Waals surface area contributed by atoms with Crippen LogP contribution in [0, 0.1) is 0 Å². The lowest BCUT2D eigenvalue weighted by atomic mass is 10.1. The van der Waals surface area contributed by atoms with Gasteiger partial charge in [-0.2, -0.15) is 4.98 Å². The van der Waals surface area contributed by atoms with E-state index in [4.69, 9.17) is 9.15 Å². The molecule has 0 aliphatic heterocycles. The number of ether oxygens (including phenoxy) is 1. The Bertz CT molecular complexity index is 418. The first-order valence-electron chi connectivity index (χ1n) is 5.91. The average molecular weight is 252 g/mol. The normalized spacial score (nSPS) is 11.1. The second kappa shape index (κ2) is 5.71. The van der Waals surface area contributed by atoms with Gasteiger partial charge in [0.25, 0.3) is 6.01 Å². The molecule has 5 nitrogen and oxygen atoms in total. The van der Waals surface area contributed by atoms with Crippen molar-refractivity contribution in [2.45, 2.75) is 33.2 Å². The van der Waals surface area contributed by atoms with Crippen LogP contribution < -0.4 is 4.90 Å². The Hall–Kier alpha value is -1.78. The summed E-state index contributed by atoms with van der Waals surface area (Å²) in [5, 5.41) is 0. The molecule has 0 radical (unpaired) electrons. The number of nitrogens with zero attached hydrogens (tertiary/aromatic N) is 2. The second-order valence-corrected chi connectivity index (χ2v) is 4.81. The van der Waals surface area contributed by atoms with Crippen molar-refractivity contribution in [3.8, 4) is 0 Å². The summed E-state index contributed by atoms with van der Waals surface area (Å²) in [6.45, 7) is 12.5. The molecule has 0 aromatic carbocycles. The lowest BCUT2D eigenvalue weighted by Crippen LogP contribution is -2.41. The number of hydrogen-bond acceptors (Lipinski definition) is 5. The molecule has 0 unspecified atom stereocenters. The highest BCUT2D eigenvalue weighted by Gasteiger charge is 2.26. The number of hydrogen-bond donors (Lipinski definition) is 0. The molecule has 1 heterocycles. The van der Waals surface area contributed by atoms with E-state index in [1.165, 1.54) is 6.26 Å². The van der Waals surface area contributed by atoms with Crippen molar-refractivity contribution in [1.29, 1.82) is 0 Å². The van der Waals surface area contributed by atoms with E-state index in [9.17, 15) is 4.79 Å². The topological polar surface area (TPSA) is 55.6 Å². The zero-order valence-electron chi connectivity index (χ0n) is 11.4. The first-order valence-corrected chi connectivity index (χ1v) is 5.91. The van der Waals surface area contributed by atoms with Crippen LogP contribution in [0.1, 0.15) is 38.2 Å². The summed E-state index contributed by atoms with van der Waals surface area (Å²) >= 11 is 0. The lowest BCUT2D eigenvalue weighted by molar-refractivity contribution is 0.0519. The van der Waals surface area contributed by atoms with Gasteiger partial charge in [-0.1, -0.05) is 6.08 Å². The van der Waals surface area contributed by atoms with Crippen molar-refractivity contribution in [2.24, 2.45) is 0 Å². The molecule has 0 N–H and O–H groups in total. The van der Waals surface area contributed by atoms with E-state index < -0.39 is 5.97 Å². The molecule has 0 aliphatic carbocycles. The van der Waals surface area contributed by atoms with E-state index in [-0.39, 0.29) is 11.2 Å². The summed E-state index contributed by atoms with van der Waals surface area (Å²) in [6, 6.07) is 0.394. The summed E-state index contributed by atoms with van der Waals surface area (Å²) in [5.74, 6) is -0.472. The fraction of sp³-hybridized carbons (Fsp3) is 0.538. The average Bonchev–Trinajstić information content (AvgIpc) is 2.73. The Morgan fingerprint density at radius 3 is 2.78 bits per heavy atom. The Morgan fingerprint density at radius 1 is 1.61 bits per heavy atom. The van der Waals surface area contributed by atoms with Gasteiger partial charge in [-0.15, -0.1) is 6.58 Å². The van der Waals surface area contributed by atoms with Crippen LogP contribution in [0.15, 0.2) is 23.3 Å². The van der Waals surface area contributed by atoms with Gasteiger partial charge >= 0.3 is 5.97 Å². The Morgan fingerprint density at radius 2 is 2.28 bits per heavy atom. The Kier molecular flexibility index (Phi) is 4.53. The zero-order valence-corrected chi connectivity index (χ0v) is 11.4. The molecule has 100 valence electrons. The second-order valence-electron chi connectivity index (χ2n) is 4.81. The molecule has 0 fully saturated rings. The number of esters is 1. The van der Waals surface area contributed by atoms with Gasteiger partial charge in [0.15, 0.2) is 5.69 Å². The zero-order chi connectivity index (χ0) is 13.8. The molecular formula is C13H20N2O3. The largest absolute Gasteiger partial charge is 0.461 e. The van der Waals surface area contributed by atoms with E-state index >= 15 is 0 Å². The third kappa shape index (κ3) is 3.35. The minimum Gasteiger partial charge on any atom is -0.461 e. The molecule has 0 bridgehead atoms.